The van der Waals surface area contributed by atoms with E-state index >= 15 is 0 Å². The van der Waals surface area contributed by atoms with E-state index in [1.165, 1.54) is 30.4 Å². The second kappa shape index (κ2) is 4.53. The molecule has 23 heavy (non-hydrogen) atoms. The van der Waals surface area contributed by atoms with E-state index in [0.717, 1.165) is 12.8 Å². The first-order valence-corrected chi connectivity index (χ1v) is 9.27. The topological polar surface area (TPSA) is 46.2 Å². The van der Waals surface area contributed by atoms with Crippen molar-refractivity contribution < 1.29 is 5.11 Å². The minimum Gasteiger partial charge on any atom is -0.508 e. The molecule has 5 atom stereocenters. The van der Waals surface area contributed by atoms with Gasteiger partial charge in [-0.25, -0.2) is 0 Å². The molecule has 1 aromatic carbocycles. The summed E-state index contributed by atoms with van der Waals surface area (Å²) in [6.07, 6.45) is 6.06. The van der Waals surface area contributed by atoms with Crippen LogP contribution in [0.5, 0.6) is 5.75 Å². The lowest BCUT2D eigenvalue weighted by Gasteiger charge is -2.62. The van der Waals surface area contributed by atoms with Gasteiger partial charge in [0.15, 0.2) is 0 Å². The average Bonchev–Trinajstić information content (AvgIpc) is 2.77. The largest absolute Gasteiger partial charge is 0.508 e. The SMILES string of the molecule is CC12CCC3C(C)(C)C(N)CCC3(C)C1Cc1cc(O)ccc12. The van der Waals surface area contributed by atoms with Crippen LogP contribution in [0.1, 0.15) is 64.5 Å². The molecular weight excluding hydrogens is 282 g/mol. The summed E-state index contributed by atoms with van der Waals surface area (Å²) < 4.78 is 0. The third-order valence-corrected chi connectivity index (χ3v) is 8.29. The van der Waals surface area contributed by atoms with E-state index in [1.807, 2.05) is 12.1 Å². The maximum Gasteiger partial charge on any atom is 0.115 e. The number of rotatable bonds is 0. The highest BCUT2D eigenvalue weighted by atomic mass is 16.3. The fraction of sp³-hybridized carbons (Fsp3) is 0.714. The van der Waals surface area contributed by atoms with Crippen molar-refractivity contribution in [3.63, 3.8) is 0 Å². The molecule has 4 rings (SSSR count). The summed E-state index contributed by atoms with van der Waals surface area (Å²) in [5.41, 5.74) is 10.3. The van der Waals surface area contributed by atoms with Crippen LogP contribution in [0.4, 0.5) is 0 Å². The van der Waals surface area contributed by atoms with Crippen molar-refractivity contribution in [2.45, 2.75) is 71.3 Å². The van der Waals surface area contributed by atoms with Gasteiger partial charge in [-0.3, -0.25) is 0 Å². The van der Waals surface area contributed by atoms with Crippen LogP contribution < -0.4 is 5.73 Å². The Hall–Kier alpha value is -1.02. The van der Waals surface area contributed by atoms with E-state index in [-0.39, 0.29) is 10.8 Å². The molecule has 1 aromatic rings. The molecule has 0 aromatic heterocycles. The molecule has 2 fully saturated rings. The molecule has 5 unspecified atom stereocenters. The molecule has 0 radical (unpaired) electrons. The predicted molar refractivity (Wildman–Crippen MR) is 94.5 cm³/mol. The standard InChI is InChI=1S/C21H31NO/c1-19(2)16-7-9-20(3)15-6-5-14(23)11-13(15)12-17(20)21(16,4)10-8-18(19)22/h5-6,11,16-18,23H,7-10,12,22H2,1-4H3. The van der Waals surface area contributed by atoms with Crippen LogP contribution in [0.3, 0.4) is 0 Å². The number of fused-ring (bicyclic) bond motifs is 5. The number of hydrogen-bond donors (Lipinski definition) is 2. The number of hydrogen-bond acceptors (Lipinski definition) is 2. The Morgan fingerprint density at radius 2 is 1.78 bits per heavy atom. The summed E-state index contributed by atoms with van der Waals surface area (Å²) in [5, 5.41) is 9.91. The fourth-order valence-electron chi connectivity index (χ4n) is 6.89. The molecule has 0 saturated heterocycles. The van der Waals surface area contributed by atoms with Gasteiger partial charge in [0.05, 0.1) is 0 Å². The molecule has 3 aliphatic rings. The van der Waals surface area contributed by atoms with Gasteiger partial charge < -0.3 is 10.8 Å². The molecule has 3 N–H and O–H groups in total. The zero-order chi connectivity index (χ0) is 16.6. The van der Waals surface area contributed by atoms with Crippen molar-refractivity contribution in [3.8, 4) is 5.75 Å². The Kier molecular flexibility index (Phi) is 3.06. The number of phenolic OH excluding ortho intramolecular Hbond substituents is 1. The van der Waals surface area contributed by atoms with Gasteiger partial charge in [0.2, 0.25) is 0 Å². The minimum absolute atomic E-state index is 0.227. The summed E-state index contributed by atoms with van der Waals surface area (Å²) in [6, 6.07) is 6.41. The van der Waals surface area contributed by atoms with E-state index in [9.17, 15) is 5.11 Å². The van der Waals surface area contributed by atoms with Crippen LogP contribution in [0.2, 0.25) is 0 Å². The predicted octanol–water partition coefficient (Wildman–Crippen LogP) is 4.39. The van der Waals surface area contributed by atoms with Gasteiger partial charge in [0, 0.05) is 6.04 Å². The van der Waals surface area contributed by atoms with Crippen LogP contribution in [0, 0.1) is 22.7 Å². The third-order valence-electron chi connectivity index (χ3n) is 8.29. The molecule has 0 heterocycles. The Bertz CT molecular complexity index is 651. The molecule has 2 saturated carbocycles. The first-order chi connectivity index (χ1) is 10.7. The normalized spacial score (nSPS) is 44.3. The molecule has 2 heteroatoms. The van der Waals surface area contributed by atoms with Crippen molar-refractivity contribution in [2.24, 2.45) is 28.4 Å². The van der Waals surface area contributed by atoms with Crippen LogP contribution in [-0.2, 0) is 11.8 Å². The van der Waals surface area contributed by atoms with Gasteiger partial charge in [-0.2, -0.15) is 0 Å². The quantitative estimate of drug-likeness (QED) is 0.746. The highest BCUT2D eigenvalue weighted by molar-refractivity contribution is 5.46. The minimum atomic E-state index is 0.227. The van der Waals surface area contributed by atoms with Crippen molar-refractivity contribution in [2.75, 3.05) is 0 Å². The highest BCUT2D eigenvalue weighted by Crippen LogP contribution is 2.67. The van der Waals surface area contributed by atoms with Crippen LogP contribution >= 0.6 is 0 Å². The van der Waals surface area contributed by atoms with Crippen molar-refractivity contribution in [1.29, 1.82) is 0 Å². The fourth-order valence-corrected chi connectivity index (χ4v) is 6.89. The van der Waals surface area contributed by atoms with Crippen molar-refractivity contribution in [3.05, 3.63) is 29.3 Å². The Morgan fingerprint density at radius 3 is 2.52 bits per heavy atom. The molecule has 0 amide bonds. The van der Waals surface area contributed by atoms with Gasteiger partial charge in [0.1, 0.15) is 5.75 Å². The summed E-state index contributed by atoms with van der Waals surface area (Å²) in [4.78, 5) is 0. The van der Waals surface area contributed by atoms with Crippen LogP contribution in [0.25, 0.3) is 0 Å². The summed E-state index contributed by atoms with van der Waals surface area (Å²) in [5.74, 6) is 1.80. The Morgan fingerprint density at radius 1 is 1.04 bits per heavy atom. The van der Waals surface area contributed by atoms with E-state index < -0.39 is 0 Å². The molecule has 3 aliphatic carbocycles. The lowest BCUT2D eigenvalue weighted by Crippen LogP contribution is -2.60. The van der Waals surface area contributed by atoms with Gasteiger partial charge in [-0.05, 0) is 83.4 Å². The first-order valence-electron chi connectivity index (χ1n) is 9.27. The number of phenols is 1. The Balaban J connectivity index is 1.80. The monoisotopic (exact) mass is 313 g/mol. The van der Waals surface area contributed by atoms with Gasteiger partial charge in [-0.15, -0.1) is 0 Å². The van der Waals surface area contributed by atoms with Gasteiger partial charge in [0.25, 0.3) is 0 Å². The second-order valence-corrected chi connectivity index (χ2v) is 9.58. The number of benzene rings is 1. The average molecular weight is 313 g/mol. The summed E-state index contributed by atoms with van der Waals surface area (Å²) >= 11 is 0. The Labute approximate surface area is 140 Å². The molecular formula is C21H31NO. The van der Waals surface area contributed by atoms with Crippen molar-refractivity contribution >= 4 is 0 Å². The summed E-state index contributed by atoms with van der Waals surface area (Å²) in [7, 11) is 0. The van der Waals surface area contributed by atoms with Gasteiger partial charge in [-0.1, -0.05) is 33.8 Å². The third kappa shape index (κ3) is 1.85. The van der Waals surface area contributed by atoms with Crippen LogP contribution in [0.15, 0.2) is 18.2 Å². The summed E-state index contributed by atoms with van der Waals surface area (Å²) in [6.45, 7) is 9.81. The molecule has 126 valence electrons. The lowest BCUT2D eigenvalue weighted by molar-refractivity contribution is -0.107. The van der Waals surface area contributed by atoms with Crippen LogP contribution in [-0.4, -0.2) is 11.1 Å². The first kappa shape index (κ1) is 15.5. The van der Waals surface area contributed by atoms with E-state index in [2.05, 4.69) is 33.8 Å². The maximum atomic E-state index is 9.91. The zero-order valence-corrected chi connectivity index (χ0v) is 15.0. The smallest absolute Gasteiger partial charge is 0.115 e. The number of nitrogens with two attached hydrogens (primary N) is 1. The molecule has 2 nitrogen and oxygen atoms in total. The van der Waals surface area contributed by atoms with E-state index in [4.69, 9.17) is 5.73 Å². The van der Waals surface area contributed by atoms with Crippen molar-refractivity contribution in [1.82, 2.24) is 0 Å². The zero-order valence-electron chi connectivity index (χ0n) is 15.0. The van der Waals surface area contributed by atoms with E-state index in [0.29, 0.717) is 29.0 Å². The highest BCUT2D eigenvalue weighted by Gasteiger charge is 2.62. The second-order valence-electron chi connectivity index (χ2n) is 9.58. The van der Waals surface area contributed by atoms with Gasteiger partial charge >= 0.3 is 0 Å². The maximum absolute atomic E-state index is 9.91. The van der Waals surface area contributed by atoms with E-state index in [1.54, 1.807) is 0 Å². The molecule has 0 bridgehead atoms. The molecule has 0 spiro atoms. The number of aromatic hydroxyl groups is 1. The molecule has 0 aliphatic heterocycles. The lowest BCUT2D eigenvalue weighted by atomic mass is 9.43.